The van der Waals surface area contributed by atoms with E-state index in [4.69, 9.17) is 5.73 Å². The molecule has 1 amide bonds. The van der Waals surface area contributed by atoms with Crippen molar-refractivity contribution in [2.45, 2.75) is 6.92 Å². The highest BCUT2D eigenvalue weighted by Gasteiger charge is 2.14. The van der Waals surface area contributed by atoms with E-state index in [0.29, 0.717) is 21.4 Å². The van der Waals surface area contributed by atoms with Crippen molar-refractivity contribution in [1.29, 1.82) is 0 Å². The van der Waals surface area contributed by atoms with Gasteiger partial charge in [-0.3, -0.25) is 9.89 Å². The van der Waals surface area contributed by atoms with Gasteiger partial charge in [0, 0.05) is 11.1 Å². The fourth-order valence-corrected chi connectivity index (χ4v) is 2.56. The Kier molecular flexibility index (Phi) is 2.68. The molecule has 0 fully saturated rings. The van der Waals surface area contributed by atoms with Gasteiger partial charge in [0.2, 0.25) is 0 Å². The minimum Gasteiger partial charge on any atom is -0.375 e. The Morgan fingerprint density at radius 2 is 2.32 bits per heavy atom. The number of aromatic nitrogens is 3. The molecule has 19 heavy (non-hydrogen) atoms. The number of H-pyrrole nitrogens is 1. The second-order valence-corrected chi connectivity index (χ2v) is 5.12. The van der Waals surface area contributed by atoms with Crippen molar-refractivity contribution in [1.82, 2.24) is 15.2 Å². The van der Waals surface area contributed by atoms with Crippen LogP contribution in [0.5, 0.6) is 0 Å². The molecule has 1 aromatic carbocycles. The highest BCUT2D eigenvalue weighted by Crippen LogP contribution is 2.22. The maximum atomic E-state index is 12.1. The molecule has 0 unspecified atom stereocenters. The van der Waals surface area contributed by atoms with Crippen LogP contribution in [0.15, 0.2) is 24.4 Å². The number of hydrogen-bond donors (Lipinski definition) is 3. The maximum absolute atomic E-state index is 12.1. The number of carbonyl (C=O) groups is 1. The number of nitrogens with zero attached hydrogens (tertiary/aromatic N) is 2. The quantitative estimate of drug-likeness (QED) is 0.666. The van der Waals surface area contributed by atoms with Gasteiger partial charge in [0.15, 0.2) is 5.13 Å². The highest BCUT2D eigenvalue weighted by atomic mass is 32.1. The lowest BCUT2D eigenvalue weighted by Gasteiger charge is -2.03. The van der Waals surface area contributed by atoms with Gasteiger partial charge in [-0.1, -0.05) is 11.3 Å². The zero-order valence-corrected chi connectivity index (χ0v) is 10.9. The van der Waals surface area contributed by atoms with Gasteiger partial charge in [0.05, 0.1) is 17.4 Å². The van der Waals surface area contributed by atoms with Crippen molar-refractivity contribution >= 4 is 39.0 Å². The molecule has 0 aliphatic carbocycles. The molecule has 0 bridgehead atoms. The van der Waals surface area contributed by atoms with Gasteiger partial charge in [0.1, 0.15) is 4.88 Å². The number of rotatable bonds is 2. The smallest absolute Gasteiger partial charge is 0.267 e. The Labute approximate surface area is 112 Å². The molecule has 0 aliphatic heterocycles. The number of amides is 1. The SMILES string of the molecule is Cc1nc(N)sc1C(=O)Nc1ccc2cn[nH]c2c1. The summed E-state index contributed by atoms with van der Waals surface area (Å²) in [5.41, 5.74) is 7.80. The average molecular weight is 273 g/mol. The zero-order valence-electron chi connectivity index (χ0n) is 10.1. The molecule has 6 nitrogen and oxygen atoms in total. The lowest BCUT2D eigenvalue weighted by molar-refractivity contribution is 0.103. The van der Waals surface area contributed by atoms with Crippen LogP contribution in [0.1, 0.15) is 15.4 Å². The fraction of sp³-hybridized carbons (Fsp3) is 0.0833. The number of nitrogens with one attached hydrogen (secondary N) is 2. The molecular weight excluding hydrogens is 262 g/mol. The van der Waals surface area contributed by atoms with Gasteiger partial charge in [-0.25, -0.2) is 4.98 Å². The summed E-state index contributed by atoms with van der Waals surface area (Å²) in [6.07, 6.45) is 1.73. The number of aryl methyl sites for hydroxylation is 1. The Bertz CT molecular complexity index is 760. The van der Waals surface area contributed by atoms with Crippen LogP contribution in [0.25, 0.3) is 10.9 Å². The summed E-state index contributed by atoms with van der Waals surface area (Å²) in [5, 5.41) is 11.0. The normalized spacial score (nSPS) is 10.8. The van der Waals surface area contributed by atoms with Crippen LogP contribution in [0.3, 0.4) is 0 Å². The molecule has 7 heteroatoms. The maximum Gasteiger partial charge on any atom is 0.267 e. The van der Waals surface area contributed by atoms with Crippen molar-refractivity contribution in [3.8, 4) is 0 Å². The summed E-state index contributed by atoms with van der Waals surface area (Å²) >= 11 is 1.18. The van der Waals surface area contributed by atoms with Crippen molar-refractivity contribution < 1.29 is 4.79 Å². The Morgan fingerprint density at radius 3 is 3.05 bits per heavy atom. The monoisotopic (exact) mass is 273 g/mol. The number of fused-ring (bicyclic) bond motifs is 1. The molecule has 0 saturated heterocycles. The van der Waals surface area contributed by atoms with Crippen molar-refractivity contribution in [2.24, 2.45) is 0 Å². The summed E-state index contributed by atoms with van der Waals surface area (Å²) in [7, 11) is 0. The van der Waals surface area contributed by atoms with Crippen LogP contribution in [-0.4, -0.2) is 21.1 Å². The molecule has 0 radical (unpaired) electrons. The second kappa shape index (κ2) is 4.36. The van der Waals surface area contributed by atoms with Crippen LogP contribution in [0.4, 0.5) is 10.8 Å². The Morgan fingerprint density at radius 1 is 1.47 bits per heavy atom. The lowest BCUT2D eigenvalue weighted by Crippen LogP contribution is -2.11. The first-order valence-corrected chi connectivity index (χ1v) is 6.42. The third-order valence-electron chi connectivity index (χ3n) is 2.72. The number of thiazole rings is 1. The topological polar surface area (TPSA) is 96.7 Å². The standard InChI is InChI=1S/C12H11N5OS/c1-6-10(19-12(13)15-6)11(18)16-8-3-2-7-5-14-17-9(7)4-8/h2-5H,1H3,(H2,13,15)(H,14,17)(H,16,18). The summed E-state index contributed by atoms with van der Waals surface area (Å²) in [4.78, 5) is 16.7. The van der Waals surface area contributed by atoms with E-state index in [9.17, 15) is 4.79 Å². The average Bonchev–Trinajstić information content (AvgIpc) is 2.94. The van der Waals surface area contributed by atoms with Crippen molar-refractivity contribution in [3.63, 3.8) is 0 Å². The van der Waals surface area contributed by atoms with Gasteiger partial charge in [-0.2, -0.15) is 5.10 Å². The predicted octanol–water partition coefficient (Wildman–Crippen LogP) is 2.16. The predicted molar refractivity (Wildman–Crippen MR) is 75.3 cm³/mol. The minimum atomic E-state index is -0.203. The summed E-state index contributed by atoms with van der Waals surface area (Å²) in [5.74, 6) is -0.203. The van der Waals surface area contributed by atoms with Gasteiger partial charge >= 0.3 is 0 Å². The number of benzene rings is 1. The number of anilines is 2. The van der Waals surface area contributed by atoms with Gasteiger partial charge in [-0.05, 0) is 25.1 Å². The Balaban J connectivity index is 1.88. The van der Waals surface area contributed by atoms with Crippen molar-refractivity contribution in [3.05, 3.63) is 35.0 Å². The molecule has 3 rings (SSSR count). The van der Waals surface area contributed by atoms with Crippen LogP contribution >= 0.6 is 11.3 Å². The molecule has 0 spiro atoms. The zero-order chi connectivity index (χ0) is 13.4. The third-order valence-corrected chi connectivity index (χ3v) is 3.70. The Hall–Kier alpha value is -2.41. The number of aromatic amines is 1. The molecule has 2 aromatic heterocycles. The summed E-state index contributed by atoms with van der Waals surface area (Å²) in [6, 6.07) is 5.55. The molecule has 96 valence electrons. The lowest BCUT2D eigenvalue weighted by atomic mass is 10.2. The van der Waals surface area contributed by atoms with E-state index in [1.807, 2.05) is 18.2 Å². The van der Waals surface area contributed by atoms with E-state index in [2.05, 4.69) is 20.5 Å². The number of carbonyl (C=O) groups excluding carboxylic acids is 1. The largest absolute Gasteiger partial charge is 0.375 e. The molecule has 4 N–H and O–H groups in total. The summed E-state index contributed by atoms with van der Waals surface area (Å²) < 4.78 is 0. The van der Waals surface area contributed by atoms with Crippen molar-refractivity contribution in [2.75, 3.05) is 11.1 Å². The van der Waals surface area contributed by atoms with Gasteiger partial charge in [-0.15, -0.1) is 0 Å². The molecule has 0 atom stereocenters. The highest BCUT2D eigenvalue weighted by molar-refractivity contribution is 7.17. The van der Waals surface area contributed by atoms with E-state index >= 15 is 0 Å². The van der Waals surface area contributed by atoms with E-state index in [0.717, 1.165) is 10.9 Å². The van der Waals surface area contributed by atoms with Crippen LogP contribution < -0.4 is 11.1 Å². The number of hydrogen-bond acceptors (Lipinski definition) is 5. The van der Waals surface area contributed by atoms with Gasteiger partial charge in [0.25, 0.3) is 5.91 Å². The minimum absolute atomic E-state index is 0.203. The first-order chi connectivity index (χ1) is 9.13. The first kappa shape index (κ1) is 11.7. The van der Waals surface area contributed by atoms with Crippen LogP contribution in [0.2, 0.25) is 0 Å². The molecular formula is C12H11N5OS. The first-order valence-electron chi connectivity index (χ1n) is 5.61. The molecule has 0 saturated carbocycles. The van der Waals surface area contributed by atoms with Gasteiger partial charge < -0.3 is 11.1 Å². The second-order valence-electron chi connectivity index (χ2n) is 4.09. The van der Waals surface area contributed by atoms with E-state index < -0.39 is 0 Å². The third kappa shape index (κ3) is 2.15. The van der Waals surface area contributed by atoms with E-state index in [-0.39, 0.29) is 5.91 Å². The molecule has 2 heterocycles. The number of nitrogen functional groups attached to an aromatic ring is 1. The van der Waals surface area contributed by atoms with E-state index in [1.165, 1.54) is 11.3 Å². The fourth-order valence-electron chi connectivity index (χ4n) is 1.83. The molecule has 0 aliphatic rings. The number of nitrogens with two attached hydrogens (primary N) is 1. The van der Waals surface area contributed by atoms with Crippen LogP contribution in [-0.2, 0) is 0 Å². The van der Waals surface area contributed by atoms with E-state index in [1.54, 1.807) is 13.1 Å². The molecule has 3 aromatic rings. The van der Waals surface area contributed by atoms with Crippen LogP contribution in [0, 0.1) is 6.92 Å². The summed E-state index contributed by atoms with van der Waals surface area (Å²) in [6.45, 7) is 1.76.